The zero-order chi connectivity index (χ0) is 17.5. The van der Waals surface area contributed by atoms with Gasteiger partial charge < -0.3 is 9.32 Å². The second-order valence-electron chi connectivity index (χ2n) is 5.76. The summed E-state index contributed by atoms with van der Waals surface area (Å²) in [5.41, 5.74) is 0.592. The van der Waals surface area contributed by atoms with Crippen LogP contribution in [-0.2, 0) is 9.84 Å². The van der Waals surface area contributed by atoms with E-state index in [0.29, 0.717) is 27.8 Å². The minimum absolute atomic E-state index is 0.0110. The van der Waals surface area contributed by atoms with Crippen LogP contribution < -0.4 is 0 Å². The molecule has 5 nitrogen and oxygen atoms in total. The summed E-state index contributed by atoms with van der Waals surface area (Å²) in [5.74, 6) is 0.298. The molecule has 1 saturated heterocycles. The van der Waals surface area contributed by atoms with Crippen molar-refractivity contribution in [3.8, 4) is 11.3 Å². The van der Waals surface area contributed by atoms with E-state index in [2.05, 4.69) is 0 Å². The lowest BCUT2D eigenvalue weighted by atomic mass is 10.2. The number of sulfone groups is 1. The van der Waals surface area contributed by atoms with Crippen LogP contribution in [0, 0.1) is 0 Å². The Hall–Kier alpha value is -1.50. The van der Waals surface area contributed by atoms with Gasteiger partial charge in [0.2, 0.25) is 0 Å². The molecule has 0 saturated carbocycles. The minimum atomic E-state index is -3.06. The molecule has 1 aliphatic heterocycles. The van der Waals surface area contributed by atoms with E-state index in [0.717, 1.165) is 0 Å². The molecule has 2 heterocycles. The van der Waals surface area contributed by atoms with E-state index in [1.54, 1.807) is 37.4 Å². The molecular weight excluding hydrogens is 373 g/mol. The predicted octanol–water partition coefficient (Wildman–Crippen LogP) is 3.51. The Morgan fingerprint density at radius 2 is 2.00 bits per heavy atom. The van der Waals surface area contributed by atoms with Crippen LogP contribution in [0.25, 0.3) is 11.3 Å². The van der Waals surface area contributed by atoms with Gasteiger partial charge in [0.15, 0.2) is 15.6 Å². The van der Waals surface area contributed by atoms with Crippen molar-refractivity contribution in [3.63, 3.8) is 0 Å². The number of halogens is 2. The fourth-order valence-corrected chi connectivity index (χ4v) is 4.86. The molecule has 0 spiro atoms. The smallest absolute Gasteiger partial charge is 0.289 e. The summed E-state index contributed by atoms with van der Waals surface area (Å²) in [7, 11) is -1.48. The summed E-state index contributed by atoms with van der Waals surface area (Å²) < 4.78 is 28.8. The van der Waals surface area contributed by atoms with Gasteiger partial charge in [-0.1, -0.05) is 23.2 Å². The topological polar surface area (TPSA) is 67.6 Å². The van der Waals surface area contributed by atoms with E-state index in [9.17, 15) is 13.2 Å². The molecule has 0 unspecified atom stereocenters. The number of nitrogens with zero attached hydrogens (tertiary/aromatic N) is 1. The Morgan fingerprint density at radius 3 is 2.67 bits per heavy atom. The molecule has 3 rings (SSSR count). The summed E-state index contributed by atoms with van der Waals surface area (Å²) in [5, 5.41) is 0.968. The van der Waals surface area contributed by atoms with Crippen molar-refractivity contribution in [3.05, 3.63) is 46.1 Å². The van der Waals surface area contributed by atoms with Gasteiger partial charge in [-0.3, -0.25) is 4.79 Å². The molecule has 0 bridgehead atoms. The third-order valence-corrected chi connectivity index (χ3v) is 6.40. The highest BCUT2D eigenvalue weighted by atomic mass is 35.5. The number of furan rings is 1. The van der Waals surface area contributed by atoms with Crippen LogP contribution in [0.3, 0.4) is 0 Å². The largest absolute Gasteiger partial charge is 0.451 e. The maximum atomic E-state index is 12.5. The monoisotopic (exact) mass is 387 g/mol. The van der Waals surface area contributed by atoms with Crippen LogP contribution in [0.5, 0.6) is 0 Å². The van der Waals surface area contributed by atoms with Gasteiger partial charge in [-0.25, -0.2) is 8.42 Å². The highest BCUT2D eigenvalue weighted by Gasteiger charge is 2.33. The van der Waals surface area contributed by atoms with Crippen molar-refractivity contribution in [2.45, 2.75) is 12.5 Å². The van der Waals surface area contributed by atoms with Gasteiger partial charge in [-0.15, -0.1) is 0 Å². The lowest BCUT2D eigenvalue weighted by Gasteiger charge is -2.22. The summed E-state index contributed by atoms with van der Waals surface area (Å²) >= 11 is 12.1. The van der Waals surface area contributed by atoms with Crippen LogP contribution in [0.1, 0.15) is 17.0 Å². The first-order valence-electron chi connectivity index (χ1n) is 7.30. The third kappa shape index (κ3) is 3.45. The molecule has 24 heavy (non-hydrogen) atoms. The number of rotatable bonds is 3. The maximum absolute atomic E-state index is 12.5. The zero-order valence-electron chi connectivity index (χ0n) is 12.8. The molecular formula is C16H15Cl2NO4S. The Bertz CT molecular complexity index is 891. The van der Waals surface area contributed by atoms with E-state index >= 15 is 0 Å². The first kappa shape index (κ1) is 17.3. The first-order valence-corrected chi connectivity index (χ1v) is 9.87. The van der Waals surface area contributed by atoms with Crippen LogP contribution >= 0.6 is 23.2 Å². The normalized spacial score (nSPS) is 19.4. The van der Waals surface area contributed by atoms with Crippen molar-refractivity contribution in [1.82, 2.24) is 4.90 Å². The third-order valence-electron chi connectivity index (χ3n) is 4.09. The molecule has 2 aromatic rings. The van der Waals surface area contributed by atoms with E-state index in [1.165, 1.54) is 4.90 Å². The predicted molar refractivity (Wildman–Crippen MR) is 93.3 cm³/mol. The molecule has 1 atom stereocenters. The second kappa shape index (κ2) is 6.43. The summed E-state index contributed by atoms with van der Waals surface area (Å²) in [6.45, 7) is 0. The lowest BCUT2D eigenvalue weighted by molar-refractivity contribution is 0.0716. The van der Waals surface area contributed by atoms with E-state index in [4.69, 9.17) is 27.6 Å². The SMILES string of the molecule is CN(C(=O)c1ccc(-c2cc(Cl)ccc2Cl)o1)[C@H]1CCS(=O)(=O)C1. The Balaban J connectivity index is 1.82. The maximum Gasteiger partial charge on any atom is 0.289 e. The van der Waals surface area contributed by atoms with Crippen molar-refractivity contribution in [1.29, 1.82) is 0 Å². The van der Waals surface area contributed by atoms with Crippen molar-refractivity contribution in [2.24, 2.45) is 0 Å². The van der Waals surface area contributed by atoms with Gasteiger partial charge in [-0.2, -0.15) is 0 Å². The van der Waals surface area contributed by atoms with Gasteiger partial charge in [0.25, 0.3) is 5.91 Å². The van der Waals surface area contributed by atoms with E-state index in [1.807, 2.05) is 0 Å². The highest BCUT2D eigenvalue weighted by Crippen LogP contribution is 2.32. The molecule has 0 aliphatic carbocycles. The standard InChI is InChI=1S/C16H15Cl2NO4S/c1-19(11-6-7-24(21,22)9-11)16(20)15-5-4-14(23-15)12-8-10(17)2-3-13(12)18/h2-5,8,11H,6-7,9H2,1H3/t11-/m0/s1. The van der Waals surface area contributed by atoms with Gasteiger partial charge in [0.1, 0.15) is 5.76 Å². The fraction of sp³-hybridized carbons (Fsp3) is 0.312. The minimum Gasteiger partial charge on any atom is -0.451 e. The summed E-state index contributed by atoms with van der Waals surface area (Å²) in [4.78, 5) is 13.9. The van der Waals surface area contributed by atoms with Gasteiger partial charge >= 0.3 is 0 Å². The van der Waals surface area contributed by atoms with Gasteiger partial charge in [0.05, 0.1) is 16.5 Å². The second-order valence-corrected chi connectivity index (χ2v) is 8.83. The highest BCUT2D eigenvalue weighted by molar-refractivity contribution is 7.91. The number of carbonyl (C=O) groups excluding carboxylic acids is 1. The van der Waals surface area contributed by atoms with Crippen LogP contribution in [-0.4, -0.2) is 43.8 Å². The zero-order valence-corrected chi connectivity index (χ0v) is 15.2. The average Bonchev–Trinajstić information content (AvgIpc) is 3.15. The van der Waals surface area contributed by atoms with Crippen LogP contribution in [0.15, 0.2) is 34.7 Å². The number of benzene rings is 1. The fourth-order valence-electron chi connectivity index (χ4n) is 2.70. The quantitative estimate of drug-likeness (QED) is 0.807. The van der Waals surface area contributed by atoms with Crippen LogP contribution in [0.4, 0.5) is 0 Å². The average molecular weight is 388 g/mol. The molecule has 0 radical (unpaired) electrons. The molecule has 8 heteroatoms. The van der Waals surface area contributed by atoms with Gasteiger partial charge in [0, 0.05) is 23.7 Å². The van der Waals surface area contributed by atoms with Crippen molar-refractivity contribution in [2.75, 3.05) is 18.6 Å². The molecule has 1 aromatic heterocycles. The molecule has 128 valence electrons. The molecule has 1 aliphatic rings. The number of hydrogen-bond donors (Lipinski definition) is 0. The molecule has 1 aromatic carbocycles. The first-order chi connectivity index (χ1) is 11.3. The Labute approximate surface area is 150 Å². The number of amides is 1. The number of hydrogen-bond acceptors (Lipinski definition) is 4. The molecule has 0 N–H and O–H groups in total. The van der Waals surface area contributed by atoms with Crippen molar-refractivity contribution >= 4 is 38.9 Å². The lowest BCUT2D eigenvalue weighted by Crippen LogP contribution is -2.37. The summed E-state index contributed by atoms with van der Waals surface area (Å²) in [6.07, 6.45) is 0.443. The van der Waals surface area contributed by atoms with E-state index < -0.39 is 9.84 Å². The Kier molecular flexibility index (Phi) is 4.64. The van der Waals surface area contributed by atoms with Crippen molar-refractivity contribution < 1.29 is 17.6 Å². The van der Waals surface area contributed by atoms with Gasteiger partial charge in [-0.05, 0) is 36.8 Å². The Morgan fingerprint density at radius 1 is 1.25 bits per heavy atom. The summed E-state index contributed by atoms with van der Waals surface area (Å²) in [6, 6.07) is 7.84. The molecule has 1 amide bonds. The van der Waals surface area contributed by atoms with Crippen LogP contribution in [0.2, 0.25) is 10.0 Å². The molecule has 1 fully saturated rings. The van der Waals surface area contributed by atoms with E-state index in [-0.39, 0.29) is 29.2 Å². The number of carbonyl (C=O) groups is 1.